The molecule has 0 spiro atoms. The van der Waals surface area contributed by atoms with Crippen molar-refractivity contribution in [1.82, 2.24) is 20.4 Å². The van der Waals surface area contributed by atoms with Crippen LogP contribution in [-0.4, -0.2) is 55.5 Å². The molecule has 2 aromatic rings. The lowest BCUT2D eigenvalue weighted by Gasteiger charge is -2.20. The van der Waals surface area contributed by atoms with Gasteiger partial charge >= 0.3 is 0 Å². The molecule has 0 aliphatic carbocycles. The van der Waals surface area contributed by atoms with Crippen molar-refractivity contribution in [2.45, 2.75) is 39.4 Å². The van der Waals surface area contributed by atoms with E-state index < -0.39 is 0 Å². The topological polar surface area (TPSA) is 42.9 Å². The van der Waals surface area contributed by atoms with Gasteiger partial charge in [-0.05, 0) is 57.1 Å². The van der Waals surface area contributed by atoms with Gasteiger partial charge in [-0.3, -0.25) is 4.90 Å². The number of rotatable bonds is 7. The van der Waals surface area contributed by atoms with Gasteiger partial charge < -0.3 is 15.5 Å². The second-order valence-corrected chi connectivity index (χ2v) is 8.22. The summed E-state index contributed by atoms with van der Waals surface area (Å²) in [6, 6.07) is 19.6. The highest BCUT2D eigenvalue weighted by Gasteiger charge is 2.12. The second-order valence-electron chi connectivity index (χ2n) is 8.22. The van der Waals surface area contributed by atoms with Crippen LogP contribution in [0.25, 0.3) is 0 Å². The first-order chi connectivity index (χ1) is 14.6. The van der Waals surface area contributed by atoms with Gasteiger partial charge in [-0.1, -0.05) is 54.6 Å². The monoisotopic (exact) mass is 535 g/mol. The molecule has 0 amide bonds. The highest BCUT2D eigenvalue weighted by Crippen LogP contribution is 2.12. The number of benzene rings is 2. The van der Waals surface area contributed by atoms with Gasteiger partial charge in [-0.25, -0.2) is 4.99 Å². The lowest BCUT2D eigenvalue weighted by atomic mass is 10.1. The van der Waals surface area contributed by atoms with Crippen LogP contribution < -0.4 is 10.6 Å². The van der Waals surface area contributed by atoms with E-state index in [1.54, 1.807) is 0 Å². The summed E-state index contributed by atoms with van der Waals surface area (Å²) in [6.07, 6.45) is 1.25. The summed E-state index contributed by atoms with van der Waals surface area (Å²) in [7, 11) is 2.22. The van der Waals surface area contributed by atoms with Gasteiger partial charge in [0, 0.05) is 26.2 Å². The van der Waals surface area contributed by atoms with E-state index in [0.717, 1.165) is 32.1 Å². The first kappa shape index (κ1) is 25.6. The van der Waals surface area contributed by atoms with E-state index in [2.05, 4.69) is 89.9 Å². The molecule has 31 heavy (non-hydrogen) atoms. The molecule has 1 saturated heterocycles. The van der Waals surface area contributed by atoms with Gasteiger partial charge in [-0.2, -0.15) is 0 Å². The molecule has 1 unspecified atom stereocenters. The summed E-state index contributed by atoms with van der Waals surface area (Å²) >= 11 is 0. The molecule has 3 rings (SSSR count). The number of likely N-dealkylation sites (N-methyl/N-ethyl adjacent to an activating group) is 1. The summed E-state index contributed by atoms with van der Waals surface area (Å²) < 4.78 is 0. The molecule has 0 bridgehead atoms. The maximum absolute atomic E-state index is 4.79. The second kappa shape index (κ2) is 13.7. The number of nitrogens with one attached hydrogen (secondary N) is 2. The molecule has 170 valence electrons. The molecule has 1 heterocycles. The summed E-state index contributed by atoms with van der Waals surface area (Å²) in [4.78, 5) is 9.78. The van der Waals surface area contributed by atoms with Crippen LogP contribution in [0.4, 0.5) is 0 Å². The molecule has 2 N–H and O–H groups in total. The van der Waals surface area contributed by atoms with E-state index in [4.69, 9.17) is 4.99 Å². The van der Waals surface area contributed by atoms with Crippen molar-refractivity contribution in [3.8, 4) is 0 Å². The van der Waals surface area contributed by atoms with Crippen LogP contribution in [0.15, 0.2) is 59.6 Å². The molecule has 0 radical (unpaired) electrons. The quantitative estimate of drug-likeness (QED) is 0.316. The predicted molar refractivity (Wildman–Crippen MR) is 142 cm³/mol. The average molecular weight is 536 g/mol. The summed E-state index contributed by atoms with van der Waals surface area (Å²) in [6.45, 7) is 11.5. The fraction of sp³-hybridized carbons (Fsp3) is 0.480. The van der Waals surface area contributed by atoms with Crippen molar-refractivity contribution in [3.63, 3.8) is 0 Å². The van der Waals surface area contributed by atoms with E-state index >= 15 is 0 Å². The van der Waals surface area contributed by atoms with Crippen LogP contribution in [0.1, 0.15) is 43.0 Å². The van der Waals surface area contributed by atoms with Gasteiger partial charge in [0.2, 0.25) is 0 Å². The van der Waals surface area contributed by atoms with Gasteiger partial charge in [0.1, 0.15) is 0 Å². The number of aliphatic imine (C=N–C) groups is 1. The molecule has 0 aromatic heterocycles. The van der Waals surface area contributed by atoms with Gasteiger partial charge in [0.05, 0.1) is 12.6 Å². The van der Waals surface area contributed by atoms with Crippen LogP contribution in [-0.2, 0) is 13.1 Å². The first-order valence-electron chi connectivity index (χ1n) is 11.2. The minimum absolute atomic E-state index is 0. The van der Waals surface area contributed by atoms with Crippen molar-refractivity contribution in [1.29, 1.82) is 0 Å². The lowest BCUT2D eigenvalue weighted by molar-refractivity contribution is 0.269. The zero-order valence-electron chi connectivity index (χ0n) is 19.2. The van der Waals surface area contributed by atoms with Gasteiger partial charge in [0.15, 0.2) is 5.96 Å². The minimum atomic E-state index is 0. The maximum Gasteiger partial charge on any atom is 0.192 e. The fourth-order valence-electron chi connectivity index (χ4n) is 3.79. The SMILES string of the molecule is CCNC(=NCc1ccc(CN2CCCN(C)CC2)cc1)NC(C)c1ccccc1.I. The summed E-state index contributed by atoms with van der Waals surface area (Å²) in [5.74, 6) is 0.853. The Balaban J connectivity index is 0.00000341. The molecule has 2 aromatic carbocycles. The van der Waals surface area contributed by atoms with Crippen molar-refractivity contribution < 1.29 is 0 Å². The number of halogens is 1. The van der Waals surface area contributed by atoms with E-state index in [1.807, 2.05) is 6.07 Å². The molecule has 1 aliphatic rings. The van der Waals surface area contributed by atoms with E-state index in [0.29, 0.717) is 6.54 Å². The molecule has 6 heteroatoms. The number of hydrogen-bond donors (Lipinski definition) is 2. The van der Waals surface area contributed by atoms with Crippen LogP contribution in [0.3, 0.4) is 0 Å². The van der Waals surface area contributed by atoms with Crippen molar-refractivity contribution >= 4 is 29.9 Å². The minimum Gasteiger partial charge on any atom is -0.357 e. The van der Waals surface area contributed by atoms with Gasteiger partial charge in [-0.15, -0.1) is 24.0 Å². The number of guanidine groups is 1. The van der Waals surface area contributed by atoms with Gasteiger partial charge in [0.25, 0.3) is 0 Å². The Labute approximate surface area is 205 Å². The fourth-order valence-corrected chi connectivity index (χ4v) is 3.79. The summed E-state index contributed by atoms with van der Waals surface area (Å²) in [5.41, 5.74) is 3.88. The molecular formula is C25H38IN5. The van der Waals surface area contributed by atoms with E-state index in [-0.39, 0.29) is 30.0 Å². The maximum atomic E-state index is 4.79. The van der Waals surface area contributed by atoms with Crippen LogP contribution in [0.5, 0.6) is 0 Å². The van der Waals surface area contributed by atoms with Crippen molar-refractivity contribution in [3.05, 3.63) is 71.3 Å². The Morgan fingerprint density at radius 2 is 1.68 bits per heavy atom. The van der Waals surface area contributed by atoms with Crippen LogP contribution in [0.2, 0.25) is 0 Å². The molecule has 5 nitrogen and oxygen atoms in total. The third kappa shape index (κ3) is 8.79. The predicted octanol–water partition coefficient (Wildman–Crippen LogP) is 4.26. The number of nitrogens with zero attached hydrogens (tertiary/aromatic N) is 3. The Bertz CT molecular complexity index is 778. The molecule has 1 atom stereocenters. The zero-order valence-corrected chi connectivity index (χ0v) is 21.5. The Morgan fingerprint density at radius 1 is 0.968 bits per heavy atom. The lowest BCUT2D eigenvalue weighted by Crippen LogP contribution is -2.38. The van der Waals surface area contributed by atoms with E-state index in [1.165, 1.54) is 36.2 Å². The van der Waals surface area contributed by atoms with Crippen LogP contribution in [0, 0.1) is 0 Å². The highest BCUT2D eigenvalue weighted by molar-refractivity contribution is 14.0. The van der Waals surface area contributed by atoms with E-state index in [9.17, 15) is 0 Å². The highest BCUT2D eigenvalue weighted by atomic mass is 127. The third-order valence-corrected chi connectivity index (χ3v) is 5.66. The van der Waals surface area contributed by atoms with Crippen molar-refractivity contribution in [2.75, 3.05) is 39.8 Å². The van der Waals surface area contributed by atoms with Crippen molar-refractivity contribution in [2.24, 2.45) is 4.99 Å². The normalized spacial score (nSPS) is 16.8. The largest absolute Gasteiger partial charge is 0.357 e. The Hall–Kier alpha value is -1.64. The van der Waals surface area contributed by atoms with Crippen LogP contribution >= 0.6 is 24.0 Å². The zero-order chi connectivity index (χ0) is 21.2. The molecule has 1 aliphatic heterocycles. The Morgan fingerprint density at radius 3 is 2.39 bits per heavy atom. The molecule has 1 fully saturated rings. The average Bonchev–Trinajstić information content (AvgIpc) is 2.97. The Kier molecular flexibility index (Phi) is 11.3. The number of hydrogen-bond acceptors (Lipinski definition) is 3. The summed E-state index contributed by atoms with van der Waals surface area (Å²) in [5, 5.41) is 6.86. The smallest absolute Gasteiger partial charge is 0.192 e. The third-order valence-electron chi connectivity index (χ3n) is 5.66. The molecular weight excluding hydrogens is 497 g/mol. The molecule has 0 saturated carbocycles. The first-order valence-corrected chi connectivity index (χ1v) is 11.2. The standard InChI is InChI=1S/C25H37N5.HI/c1-4-26-25(28-21(2)24-9-6-5-7-10-24)27-19-22-11-13-23(14-12-22)20-30-16-8-15-29(3)17-18-30;/h5-7,9-14,21H,4,8,15-20H2,1-3H3,(H2,26,27,28);1H.